The summed E-state index contributed by atoms with van der Waals surface area (Å²) in [5.41, 5.74) is 4.84. The third-order valence-corrected chi connectivity index (χ3v) is 9.42. The molecule has 1 nitrogen and oxygen atoms in total. The third-order valence-electron chi connectivity index (χ3n) is 9.42. The van der Waals surface area contributed by atoms with E-state index in [0.717, 1.165) is 79.5 Å². The first-order valence-corrected chi connectivity index (χ1v) is 18.6. The van der Waals surface area contributed by atoms with Crippen molar-refractivity contribution in [1.29, 1.82) is 0 Å². The number of hydrogen-bond acceptors (Lipinski definition) is 1. The number of nitrogens with zero attached hydrogens (tertiary/aromatic N) is 1. The molecule has 0 N–H and O–H groups in total. The van der Waals surface area contributed by atoms with Gasteiger partial charge in [-0.05, 0) is 91.4 Å². The van der Waals surface area contributed by atoms with Crippen LogP contribution in [0.5, 0.6) is 0 Å². The second kappa shape index (κ2) is 20.9. The maximum absolute atomic E-state index is 3.33. The van der Waals surface area contributed by atoms with Gasteiger partial charge >= 0.3 is 0 Å². The summed E-state index contributed by atoms with van der Waals surface area (Å²) >= 11 is 0. The van der Waals surface area contributed by atoms with E-state index in [4.69, 9.17) is 0 Å². The minimum Gasteiger partial charge on any atom is -0.366 e. The molecule has 0 aromatic heterocycles. The van der Waals surface area contributed by atoms with Crippen LogP contribution in [0.15, 0.2) is 48.5 Å². The predicted octanol–water partition coefficient (Wildman–Crippen LogP) is 11.9. The summed E-state index contributed by atoms with van der Waals surface area (Å²) in [7, 11) is 0. The van der Waals surface area contributed by atoms with Crippen molar-refractivity contribution >= 4 is 5.69 Å². The number of fused-ring (bicyclic) bond motifs is 3. The van der Waals surface area contributed by atoms with Gasteiger partial charge in [-0.1, -0.05) is 110 Å². The van der Waals surface area contributed by atoms with Crippen LogP contribution in [0.1, 0.15) is 142 Å². The molecule has 0 amide bonds. The summed E-state index contributed by atoms with van der Waals surface area (Å²) in [6, 6.07) is 16.9. The number of rotatable bonds is 5. The molecule has 2 aromatic carbocycles. The van der Waals surface area contributed by atoms with E-state index < -0.39 is 0 Å². The van der Waals surface area contributed by atoms with Crippen LogP contribution in [-0.2, 0) is 6.54 Å². The fraction of sp³-hybridized carbons (Fsp3) is 0.600. The lowest BCUT2D eigenvalue weighted by atomic mass is 10.0. The van der Waals surface area contributed by atoms with Crippen LogP contribution in [0, 0.1) is 71.0 Å². The molecule has 1 aliphatic heterocycles. The highest BCUT2D eigenvalue weighted by Crippen LogP contribution is 2.55. The van der Waals surface area contributed by atoms with Gasteiger partial charge in [-0.15, -0.1) is 23.7 Å². The molecule has 0 saturated heterocycles. The van der Waals surface area contributed by atoms with Crippen molar-refractivity contribution in [2.75, 3.05) is 11.4 Å². The van der Waals surface area contributed by atoms with Crippen LogP contribution in [0.3, 0.4) is 0 Å². The van der Waals surface area contributed by atoms with Crippen LogP contribution < -0.4 is 4.90 Å². The quantitative estimate of drug-likeness (QED) is 0.302. The Bertz CT molecular complexity index is 1310. The van der Waals surface area contributed by atoms with Gasteiger partial charge in [0.15, 0.2) is 0 Å². The molecule has 1 heteroatoms. The van der Waals surface area contributed by atoms with E-state index >= 15 is 0 Å². The minimum absolute atomic E-state index is 0.627. The third kappa shape index (κ3) is 13.7. The maximum Gasteiger partial charge on any atom is 0.0528 e. The Labute approximate surface area is 284 Å². The summed E-state index contributed by atoms with van der Waals surface area (Å²) < 4.78 is 0. The summed E-state index contributed by atoms with van der Waals surface area (Å²) in [6.07, 6.45) is 15.6. The topological polar surface area (TPSA) is 3.24 Å². The maximum atomic E-state index is 3.33. The molecule has 3 aliphatic carbocycles. The van der Waals surface area contributed by atoms with Crippen molar-refractivity contribution in [3.05, 3.63) is 65.2 Å². The molecule has 2 atom stereocenters. The second-order valence-corrected chi connectivity index (χ2v) is 14.8. The monoisotopic (exact) mass is 617 g/mol. The van der Waals surface area contributed by atoms with Gasteiger partial charge in [0.2, 0.25) is 0 Å². The van der Waals surface area contributed by atoms with Crippen molar-refractivity contribution in [3.63, 3.8) is 0 Å². The molecule has 0 spiro atoms. The predicted molar refractivity (Wildman–Crippen MR) is 202 cm³/mol. The lowest BCUT2D eigenvalue weighted by Gasteiger charge is -2.29. The molecule has 0 radical (unpaired) electrons. The van der Waals surface area contributed by atoms with E-state index in [1.807, 2.05) is 0 Å². The van der Waals surface area contributed by atoms with Gasteiger partial charge in [0.1, 0.15) is 0 Å². The summed E-state index contributed by atoms with van der Waals surface area (Å²) in [4.78, 5) is 2.45. The molecule has 1 saturated carbocycles. The molecule has 248 valence electrons. The SMILES string of the molecule is C1#CCCCCCC1.CC(C)CC1C2CCC#CCCC21.CC(C)CN1Cc2ccccc2C#Cc2ccccc21.CCC(C)C. The Balaban J connectivity index is 0.000000189. The normalized spacial score (nSPS) is 20.6. The van der Waals surface area contributed by atoms with Gasteiger partial charge in [0.05, 0.1) is 5.69 Å². The number of anilines is 1. The first-order valence-electron chi connectivity index (χ1n) is 18.6. The molecule has 4 aliphatic rings. The zero-order valence-corrected chi connectivity index (χ0v) is 30.4. The zero-order chi connectivity index (χ0) is 33.1. The fourth-order valence-corrected chi connectivity index (χ4v) is 6.55. The van der Waals surface area contributed by atoms with E-state index in [2.05, 4.69) is 137 Å². The molecular weight excluding hydrogens is 555 g/mol. The standard InChI is InChI=1S/C19H19N.C13H20.C8H12.C5H12/c1-15(2)13-20-14-18-9-4-3-7-16(18)11-12-17-8-5-6-10-19(17)20;1-10(2)9-13-11-7-5-3-4-6-8-12(11)13;1-2-4-6-8-7-5-3-1;1-4-5(2)3/h3-10,15H,13-14H2,1-2H3;10-13H,5-9H2,1-2H3;1-6H2;5H,4H2,1-3H3. The first kappa shape index (κ1) is 37.4. The molecule has 46 heavy (non-hydrogen) atoms. The Morgan fingerprint density at radius 1 is 0.630 bits per heavy atom. The van der Waals surface area contributed by atoms with Crippen molar-refractivity contribution < 1.29 is 0 Å². The van der Waals surface area contributed by atoms with Gasteiger partial charge in [0, 0.05) is 49.9 Å². The molecular formula is C45H63N. The van der Waals surface area contributed by atoms with Crippen LogP contribution in [-0.4, -0.2) is 6.54 Å². The average Bonchev–Trinajstić information content (AvgIpc) is 3.62. The van der Waals surface area contributed by atoms with E-state index in [1.54, 1.807) is 0 Å². The van der Waals surface area contributed by atoms with Crippen molar-refractivity contribution in [2.24, 2.45) is 35.5 Å². The summed E-state index contributed by atoms with van der Waals surface area (Å²) in [5, 5.41) is 0. The van der Waals surface area contributed by atoms with Crippen molar-refractivity contribution in [1.82, 2.24) is 0 Å². The van der Waals surface area contributed by atoms with Gasteiger partial charge in [0.25, 0.3) is 0 Å². The highest BCUT2D eigenvalue weighted by molar-refractivity contribution is 5.64. The summed E-state index contributed by atoms with van der Waals surface area (Å²) in [5.74, 6) is 25.0. The number of para-hydroxylation sites is 1. The number of hydrogen-bond donors (Lipinski definition) is 0. The van der Waals surface area contributed by atoms with Crippen LogP contribution in [0.4, 0.5) is 5.69 Å². The van der Waals surface area contributed by atoms with Crippen LogP contribution in [0.2, 0.25) is 0 Å². The molecule has 1 fully saturated rings. The Kier molecular flexibility index (Phi) is 17.0. The van der Waals surface area contributed by atoms with E-state index in [-0.39, 0.29) is 0 Å². The van der Waals surface area contributed by atoms with E-state index in [0.29, 0.717) is 5.92 Å². The Morgan fingerprint density at radius 3 is 1.72 bits per heavy atom. The lowest BCUT2D eigenvalue weighted by Crippen LogP contribution is -2.28. The second-order valence-electron chi connectivity index (χ2n) is 14.8. The van der Waals surface area contributed by atoms with Gasteiger partial charge in [-0.2, -0.15) is 0 Å². The van der Waals surface area contributed by atoms with Crippen molar-refractivity contribution in [2.45, 2.75) is 132 Å². The van der Waals surface area contributed by atoms with Gasteiger partial charge < -0.3 is 4.90 Å². The van der Waals surface area contributed by atoms with E-state index in [9.17, 15) is 0 Å². The Hall–Kier alpha value is -3.08. The highest BCUT2D eigenvalue weighted by Gasteiger charge is 2.48. The highest BCUT2D eigenvalue weighted by atomic mass is 15.1. The van der Waals surface area contributed by atoms with E-state index in [1.165, 1.54) is 62.6 Å². The largest absolute Gasteiger partial charge is 0.366 e. The average molecular weight is 618 g/mol. The van der Waals surface area contributed by atoms with Gasteiger partial charge in [-0.3, -0.25) is 0 Å². The van der Waals surface area contributed by atoms with Crippen LogP contribution >= 0.6 is 0 Å². The Morgan fingerprint density at radius 2 is 1.15 bits per heavy atom. The molecule has 2 unspecified atom stereocenters. The van der Waals surface area contributed by atoms with Crippen molar-refractivity contribution in [3.8, 4) is 35.5 Å². The molecule has 1 heterocycles. The first-order chi connectivity index (χ1) is 22.3. The lowest BCUT2D eigenvalue weighted by molar-refractivity contribution is 0.494. The number of benzene rings is 2. The molecule has 0 bridgehead atoms. The minimum atomic E-state index is 0.627. The zero-order valence-electron chi connectivity index (χ0n) is 30.4. The van der Waals surface area contributed by atoms with Gasteiger partial charge in [-0.25, -0.2) is 0 Å². The van der Waals surface area contributed by atoms with Crippen LogP contribution in [0.25, 0.3) is 0 Å². The molecule has 6 rings (SSSR count). The smallest absolute Gasteiger partial charge is 0.0528 e. The fourth-order valence-electron chi connectivity index (χ4n) is 6.55. The summed E-state index contributed by atoms with van der Waals surface area (Å²) in [6.45, 7) is 17.8. The molecule has 2 aromatic rings.